The van der Waals surface area contributed by atoms with Crippen molar-refractivity contribution in [2.24, 2.45) is 5.73 Å². The number of nitrogens with one attached hydrogen (secondary N) is 1. The number of hydrogen-bond donors (Lipinski definition) is 2. The van der Waals surface area contributed by atoms with Crippen LogP contribution < -0.4 is 11.1 Å². The molecule has 0 spiro atoms. The summed E-state index contributed by atoms with van der Waals surface area (Å²) in [7, 11) is 0. The maximum Gasteiger partial charge on any atom is 0.416 e. The zero-order valence-electron chi connectivity index (χ0n) is 12.4. The van der Waals surface area contributed by atoms with E-state index in [0.29, 0.717) is 13.0 Å². The molecule has 0 aliphatic carbocycles. The zero-order chi connectivity index (χ0) is 16.2. The molecule has 1 saturated heterocycles. The monoisotopic (exact) mass is 352 g/mol. The Bertz CT molecular complexity index is 526. The van der Waals surface area contributed by atoms with Crippen LogP contribution in [0.4, 0.5) is 13.2 Å². The molecule has 1 amide bonds. The molecule has 0 bridgehead atoms. The van der Waals surface area contributed by atoms with Crippen LogP contribution in [0.1, 0.15) is 24.0 Å². The van der Waals surface area contributed by atoms with Crippen molar-refractivity contribution in [3.63, 3.8) is 0 Å². The van der Waals surface area contributed by atoms with E-state index in [1.54, 1.807) is 6.07 Å². The van der Waals surface area contributed by atoms with Gasteiger partial charge in [-0.3, -0.25) is 4.79 Å². The van der Waals surface area contributed by atoms with Gasteiger partial charge in [-0.2, -0.15) is 13.2 Å². The van der Waals surface area contributed by atoms with Crippen LogP contribution in [0.3, 0.4) is 0 Å². The molecule has 2 rings (SSSR count). The Balaban J connectivity index is 0.00000264. The van der Waals surface area contributed by atoms with E-state index in [0.717, 1.165) is 12.5 Å². The predicted octanol–water partition coefficient (Wildman–Crippen LogP) is 2.29. The Kier molecular flexibility index (Phi) is 7.31. The van der Waals surface area contributed by atoms with Crippen molar-refractivity contribution in [3.8, 4) is 0 Å². The van der Waals surface area contributed by atoms with Crippen LogP contribution in [0.2, 0.25) is 0 Å². The summed E-state index contributed by atoms with van der Waals surface area (Å²) in [4.78, 5) is 11.9. The summed E-state index contributed by atoms with van der Waals surface area (Å²) in [5, 5.41) is 2.62. The summed E-state index contributed by atoms with van der Waals surface area (Å²) >= 11 is 0. The molecule has 0 unspecified atom stereocenters. The molecule has 1 aromatic rings. The lowest BCUT2D eigenvalue weighted by Gasteiger charge is -2.15. The van der Waals surface area contributed by atoms with Crippen LogP contribution in [0.15, 0.2) is 24.3 Å². The van der Waals surface area contributed by atoms with E-state index in [1.165, 1.54) is 12.1 Å². The number of alkyl halides is 3. The fraction of sp³-hybridized carbons (Fsp3) is 0.533. The molecule has 1 fully saturated rings. The molecule has 23 heavy (non-hydrogen) atoms. The predicted molar refractivity (Wildman–Crippen MR) is 82.4 cm³/mol. The number of benzene rings is 1. The second-order valence-corrected chi connectivity index (χ2v) is 5.26. The van der Waals surface area contributed by atoms with E-state index in [4.69, 9.17) is 10.5 Å². The van der Waals surface area contributed by atoms with Crippen molar-refractivity contribution >= 4 is 18.3 Å². The van der Waals surface area contributed by atoms with Crippen LogP contribution in [0.5, 0.6) is 0 Å². The van der Waals surface area contributed by atoms with Crippen molar-refractivity contribution in [2.75, 3.05) is 13.1 Å². The van der Waals surface area contributed by atoms with Crippen molar-refractivity contribution < 1.29 is 22.7 Å². The highest BCUT2D eigenvalue weighted by atomic mass is 35.5. The first-order valence-electron chi connectivity index (χ1n) is 7.20. The average Bonchev–Trinajstić information content (AvgIpc) is 2.95. The van der Waals surface area contributed by atoms with Crippen molar-refractivity contribution in [3.05, 3.63) is 35.4 Å². The first-order valence-corrected chi connectivity index (χ1v) is 7.20. The molecule has 3 N–H and O–H groups in total. The molecular weight excluding hydrogens is 333 g/mol. The topological polar surface area (TPSA) is 64.4 Å². The number of nitrogens with two attached hydrogens (primary N) is 1. The Morgan fingerprint density at radius 2 is 2.00 bits per heavy atom. The van der Waals surface area contributed by atoms with Gasteiger partial charge in [-0.1, -0.05) is 18.2 Å². The van der Waals surface area contributed by atoms with E-state index in [1.807, 2.05) is 0 Å². The highest BCUT2D eigenvalue weighted by Crippen LogP contribution is 2.31. The van der Waals surface area contributed by atoms with E-state index < -0.39 is 17.8 Å². The summed E-state index contributed by atoms with van der Waals surface area (Å²) < 4.78 is 44.0. The smallest absolute Gasteiger partial charge is 0.364 e. The van der Waals surface area contributed by atoms with Gasteiger partial charge >= 0.3 is 6.18 Å². The molecule has 1 heterocycles. The minimum absolute atomic E-state index is 0. The SMILES string of the molecule is Cl.NC[C@H]1CC[C@@H](C(=O)NCCc2ccccc2C(F)(F)F)O1. The Morgan fingerprint density at radius 3 is 2.61 bits per heavy atom. The maximum absolute atomic E-state index is 12.8. The fourth-order valence-electron chi connectivity index (χ4n) is 2.52. The third-order valence-corrected chi connectivity index (χ3v) is 3.68. The molecule has 0 aromatic heterocycles. The molecule has 130 valence electrons. The van der Waals surface area contributed by atoms with E-state index in [9.17, 15) is 18.0 Å². The van der Waals surface area contributed by atoms with Crippen LogP contribution >= 0.6 is 12.4 Å². The quantitative estimate of drug-likeness (QED) is 0.854. The third kappa shape index (κ3) is 5.37. The molecule has 8 heteroatoms. The van der Waals surface area contributed by atoms with Gasteiger partial charge in [0, 0.05) is 13.1 Å². The molecule has 1 aliphatic rings. The van der Waals surface area contributed by atoms with E-state index >= 15 is 0 Å². The van der Waals surface area contributed by atoms with E-state index in [-0.39, 0.29) is 42.9 Å². The lowest BCUT2D eigenvalue weighted by molar-refractivity contribution is -0.138. The summed E-state index contributed by atoms with van der Waals surface area (Å²) in [5.74, 6) is -0.291. The van der Waals surface area contributed by atoms with Gasteiger partial charge in [0.2, 0.25) is 5.91 Å². The minimum Gasteiger partial charge on any atom is -0.364 e. The largest absolute Gasteiger partial charge is 0.416 e. The molecule has 2 atom stereocenters. The Morgan fingerprint density at radius 1 is 1.30 bits per heavy atom. The zero-order valence-corrected chi connectivity index (χ0v) is 13.3. The molecule has 0 saturated carbocycles. The number of ether oxygens (including phenoxy) is 1. The fourth-order valence-corrected chi connectivity index (χ4v) is 2.52. The Hall–Kier alpha value is -1.31. The summed E-state index contributed by atoms with van der Waals surface area (Å²) in [6.07, 6.45) is -3.61. The molecular formula is C15H20ClF3N2O2. The first kappa shape index (κ1) is 19.7. The van der Waals surface area contributed by atoms with Crippen LogP contribution in [0, 0.1) is 0 Å². The number of halogens is 4. The number of carbonyl (C=O) groups excluding carboxylic acids is 1. The number of rotatable bonds is 5. The molecule has 4 nitrogen and oxygen atoms in total. The van der Waals surface area contributed by atoms with Gasteiger partial charge in [0.05, 0.1) is 11.7 Å². The highest BCUT2D eigenvalue weighted by Gasteiger charge is 2.33. The summed E-state index contributed by atoms with van der Waals surface area (Å²) in [6.45, 7) is 0.502. The lowest BCUT2D eigenvalue weighted by atomic mass is 10.0. The minimum atomic E-state index is -4.39. The normalized spacial score (nSPS) is 20.9. The number of carbonyl (C=O) groups is 1. The van der Waals surface area contributed by atoms with Crippen LogP contribution in [-0.4, -0.2) is 31.2 Å². The summed E-state index contributed by atoms with van der Waals surface area (Å²) in [5.41, 5.74) is 4.97. The van der Waals surface area contributed by atoms with Gasteiger partial charge in [-0.05, 0) is 30.9 Å². The molecule has 1 aliphatic heterocycles. The second kappa shape index (κ2) is 8.52. The number of amides is 1. The van der Waals surface area contributed by atoms with Gasteiger partial charge in [0.15, 0.2) is 0 Å². The van der Waals surface area contributed by atoms with Gasteiger partial charge in [-0.15, -0.1) is 12.4 Å². The first-order chi connectivity index (χ1) is 10.4. The lowest BCUT2D eigenvalue weighted by Crippen LogP contribution is -2.36. The van der Waals surface area contributed by atoms with Crippen LogP contribution in [0.25, 0.3) is 0 Å². The summed E-state index contributed by atoms with van der Waals surface area (Å²) in [6, 6.07) is 5.37. The van der Waals surface area contributed by atoms with Gasteiger partial charge in [-0.25, -0.2) is 0 Å². The van der Waals surface area contributed by atoms with Crippen molar-refractivity contribution in [1.29, 1.82) is 0 Å². The maximum atomic E-state index is 12.8. The molecule has 1 aromatic carbocycles. The highest BCUT2D eigenvalue weighted by molar-refractivity contribution is 5.85. The van der Waals surface area contributed by atoms with E-state index in [2.05, 4.69) is 5.32 Å². The number of hydrogen-bond acceptors (Lipinski definition) is 3. The van der Waals surface area contributed by atoms with Crippen molar-refractivity contribution in [2.45, 2.75) is 37.6 Å². The van der Waals surface area contributed by atoms with Gasteiger partial charge in [0.25, 0.3) is 0 Å². The third-order valence-electron chi connectivity index (χ3n) is 3.68. The second-order valence-electron chi connectivity index (χ2n) is 5.26. The molecule has 0 radical (unpaired) electrons. The van der Waals surface area contributed by atoms with Crippen LogP contribution in [-0.2, 0) is 22.1 Å². The van der Waals surface area contributed by atoms with Crippen molar-refractivity contribution in [1.82, 2.24) is 5.32 Å². The average molecular weight is 353 g/mol. The Labute approximate surface area is 139 Å². The standard InChI is InChI=1S/C15H19F3N2O2.ClH/c16-15(17,18)12-4-2-1-3-10(12)7-8-20-14(21)13-6-5-11(9-19)22-13;/h1-4,11,13H,5-9,19H2,(H,20,21);1H/t11-,13+;/m1./s1. The van der Waals surface area contributed by atoms with Gasteiger partial charge in [0.1, 0.15) is 6.10 Å². The van der Waals surface area contributed by atoms with Gasteiger partial charge < -0.3 is 15.8 Å².